The van der Waals surface area contributed by atoms with Crippen molar-refractivity contribution in [2.24, 2.45) is 0 Å². The second-order valence-electron chi connectivity index (χ2n) is 4.37. The predicted octanol–water partition coefficient (Wildman–Crippen LogP) is -0.160. The van der Waals surface area contributed by atoms with Gasteiger partial charge in [-0.25, -0.2) is 0 Å². The molecule has 0 amide bonds. The molecule has 0 aliphatic rings. The van der Waals surface area contributed by atoms with E-state index >= 15 is 0 Å². The van der Waals surface area contributed by atoms with E-state index in [1.54, 1.807) is 0 Å². The number of aromatic nitrogens is 5. The number of nitrogens with zero attached hydrogens (tertiary/aromatic N) is 5. The molecule has 0 aliphatic heterocycles. The number of rotatable bonds is 4. The number of fused-ring (bicyclic) bond motifs is 1. The molecule has 0 aliphatic carbocycles. The molecule has 0 N–H and O–H groups in total. The van der Waals surface area contributed by atoms with Gasteiger partial charge in [0.1, 0.15) is 0 Å². The topological polar surface area (TPSA) is 48.5 Å². The summed E-state index contributed by atoms with van der Waals surface area (Å²) in [5.74, 6) is 0. The molecule has 0 saturated carbocycles. The minimum atomic E-state index is -0.105. The van der Waals surface area contributed by atoms with E-state index in [1.165, 1.54) is 0 Å². The molecular formula is C13H14ClIN5-. The molecule has 0 aromatic carbocycles. The molecule has 0 unspecified atom stereocenters. The summed E-state index contributed by atoms with van der Waals surface area (Å²) in [5.41, 5.74) is 2.76. The molecule has 3 heterocycles. The van der Waals surface area contributed by atoms with Crippen LogP contribution < -0.4 is 21.5 Å². The van der Waals surface area contributed by atoms with E-state index in [0.29, 0.717) is 0 Å². The van der Waals surface area contributed by atoms with Crippen molar-refractivity contribution < 1.29 is 21.5 Å². The van der Waals surface area contributed by atoms with Gasteiger partial charge in [0.25, 0.3) is 0 Å². The summed E-state index contributed by atoms with van der Waals surface area (Å²) in [5, 5.41) is 5.68. The van der Waals surface area contributed by atoms with E-state index in [4.69, 9.17) is 11.6 Å². The Morgan fingerprint density at radius 3 is 2.95 bits per heavy atom. The summed E-state index contributed by atoms with van der Waals surface area (Å²) in [7, 11) is 0. The Morgan fingerprint density at radius 2 is 2.20 bits per heavy atom. The molecule has 3 aromatic rings. The van der Waals surface area contributed by atoms with Gasteiger partial charge in [0.2, 0.25) is 0 Å². The summed E-state index contributed by atoms with van der Waals surface area (Å²) in [6, 6.07) is 2.06. The van der Waals surface area contributed by atoms with Crippen molar-refractivity contribution in [1.82, 2.24) is 22.5 Å². The average Bonchev–Trinajstić information content (AvgIpc) is 3.04. The summed E-state index contributed by atoms with van der Waals surface area (Å²) in [4.78, 5) is 10.9. The fourth-order valence-electron chi connectivity index (χ4n) is 2.15. The van der Waals surface area contributed by atoms with Crippen LogP contribution in [-0.4, -0.2) is 27.5 Å². The molecule has 0 atom stereocenters. The van der Waals surface area contributed by atoms with Crippen molar-refractivity contribution >= 4 is 22.6 Å². The van der Waals surface area contributed by atoms with Gasteiger partial charge in [-0.15, -0.1) is 0 Å². The van der Waals surface area contributed by atoms with Gasteiger partial charge in [-0.3, -0.25) is 0 Å². The van der Waals surface area contributed by atoms with Gasteiger partial charge < -0.3 is 0 Å². The zero-order valence-electron chi connectivity index (χ0n) is 11.2. The number of hydrogen-bond acceptors (Lipinski definition) is 3. The van der Waals surface area contributed by atoms with E-state index in [1.807, 2.05) is 17.1 Å². The zero-order chi connectivity index (χ0) is 14.1. The minimum absolute atomic E-state index is 0.105. The van der Waals surface area contributed by atoms with Crippen LogP contribution in [0.15, 0.2) is 24.7 Å². The Morgan fingerprint density at radius 1 is 1.35 bits per heavy atom. The first kappa shape index (κ1) is 13.8. The molecule has 0 saturated heterocycles. The molecule has 0 bridgehead atoms. The van der Waals surface area contributed by atoms with Crippen molar-refractivity contribution in [3.05, 3.63) is 29.9 Å². The normalized spacial score (nSPS) is 11.6. The molecule has 5 nitrogen and oxygen atoms in total. The summed E-state index contributed by atoms with van der Waals surface area (Å²) >= 11 is 5.97. The average molecular weight is 403 g/mol. The molecule has 20 heavy (non-hydrogen) atoms. The second-order valence-corrected chi connectivity index (χ2v) is 6.71. The number of aryl methyl sites for hydroxylation is 1. The van der Waals surface area contributed by atoms with Crippen molar-refractivity contribution in [2.75, 3.05) is 4.93 Å². The predicted molar refractivity (Wildman–Crippen MR) is 75.4 cm³/mol. The number of halogens is 2. The monoisotopic (exact) mass is 402 g/mol. The fraction of sp³-hybridized carbons (Fsp3) is 0.308. The van der Waals surface area contributed by atoms with Crippen LogP contribution in [0.25, 0.3) is 22.3 Å². The molecule has 0 fully saturated rings. The number of hydrogen-bond donors (Lipinski definition) is 0. The first-order valence-electron chi connectivity index (χ1n) is 6.30. The van der Waals surface area contributed by atoms with Gasteiger partial charge >= 0.3 is 133 Å². The van der Waals surface area contributed by atoms with Crippen molar-refractivity contribution in [2.45, 2.75) is 19.9 Å². The van der Waals surface area contributed by atoms with Gasteiger partial charge in [-0.1, -0.05) is 0 Å². The fourth-order valence-corrected chi connectivity index (χ4v) is 3.62. The number of alkyl halides is 1. The molecule has 106 valence electrons. The van der Waals surface area contributed by atoms with Gasteiger partial charge in [-0.2, -0.15) is 0 Å². The molecule has 0 radical (unpaired) electrons. The van der Waals surface area contributed by atoms with E-state index in [9.17, 15) is 0 Å². The van der Waals surface area contributed by atoms with Gasteiger partial charge in [-0.05, 0) is 0 Å². The molecule has 0 spiro atoms. The second kappa shape index (κ2) is 5.69. The maximum atomic E-state index is 6.08. The molecule has 7 heteroatoms. The molecular weight excluding hydrogens is 389 g/mol. The first-order chi connectivity index (χ1) is 9.72. The van der Waals surface area contributed by atoms with Crippen LogP contribution in [0.4, 0.5) is 0 Å². The summed E-state index contributed by atoms with van der Waals surface area (Å²) in [6.07, 6.45) is 6.96. The van der Waals surface area contributed by atoms with Crippen molar-refractivity contribution in [3.8, 4) is 11.3 Å². The maximum absolute atomic E-state index is 6.08. The van der Waals surface area contributed by atoms with Gasteiger partial charge in [0.05, 0.1) is 0 Å². The third kappa shape index (κ3) is 2.42. The zero-order valence-corrected chi connectivity index (χ0v) is 14.1. The quantitative estimate of drug-likeness (QED) is 0.346. The van der Waals surface area contributed by atoms with E-state index in [2.05, 4.69) is 42.0 Å². The van der Waals surface area contributed by atoms with Crippen LogP contribution in [0.3, 0.4) is 0 Å². The van der Waals surface area contributed by atoms with Crippen LogP contribution in [0.1, 0.15) is 13.3 Å². The SMILES string of the molecule is CCCn1cc(-c2nc(Cl)nc3c2ccn3[I-]C)cn1. The Hall–Kier alpha value is -1.15. The van der Waals surface area contributed by atoms with Crippen LogP contribution >= 0.6 is 11.6 Å². The Balaban J connectivity index is 2.16. The molecule has 3 aromatic heterocycles. The van der Waals surface area contributed by atoms with E-state index in [-0.39, 0.29) is 26.8 Å². The van der Waals surface area contributed by atoms with E-state index < -0.39 is 0 Å². The van der Waals surface area contributed by atoms with Crippen LogP contribution in [0.2, 0.25) is 5.28 Å². The summed E-state index contributed by atoms with van der Waals surface area (Å²) < 4.78 is 4.10. The van der Waals surface area contributed by atoms with E-state index in [0.717, 1.165) is 35.3 Å². The van der Waals surface area contributed by atoms with Crippen molar-refractivity contribution in [1.29, 1.82) is 0 Å². The first-order valence-corrected chi connectivity index (χ1v) is 9.80. The Labute approximate surface area is 132 Å². The van der Waals surface area contributed by atoms with Gasteiger partial charge in [0, 0.05) is 0 Å². The summed E-state index contributed by atoms with van der Waals surface area (Å²) in [6.45, 7) is 3.04. The molecule has 3 rings (SSSR count). The van der Waals surface area contributed by atoms with Crippen LogP contribution in [0.5, 0.6) is 0 Å². The Bertz CT molecular complexity index is 748. The van der Waals surface area contributed by atoms with Crippen molar-refractivity contribution in [3.63, 3.8) is 0 Å². The standard InChI is InChI=1S/C13H14ClIN5/c1-3-5-19-8-9(7-16-19)11-10-4-6-20(15-2)12(10)18-13(14)17-11/h4,6-8H,3,5H2,1-2H3/q-1. The van der Waals surface area contributed by atoms with Crippen LogP contribution in [-0.2, 0) is 6.54 Å². The van der Waals surface area contributed by atoms with Gasteiger partial charge in [0.15, 0.2) is 0 Å². The third-order valence-corrected chi connectivity index (χ3v) is 5.00. The third-order valence-electron chi connectivity index (χ3n) is 3.01. The van der Waals surface area contributed by atoms with Crippen LogP contribution in [0, 0.1) is 0 Å². The Kier molecular flexibility index (Phi) is 3.93.